The maximum Gasteiger partial charge on any atom is 0.0991 e. The first-order valence-corrected chi connectivity index (χ1v) is 5.59. The van der Waals surface area contributed by atoms with Crippen molar-refractivity contribution in [1.29, 1.82) is 5.26 Å². The lowest BCUT2D eigenvalue weighted by Gasteiger charge is -2.46. The van der Waals surface area contributed by atoms with Crippen LogP contribution in [0.2, 0.25) is 0 Å². The van der Waals surface area contributed by atoms with Crippen molar-refractivity contribution >= 4 is 0 Å². The molecule has 0 aromatic heterocycles. The summed E-state index contributed by atoms with van der Waals surface area (Å²) in [5.41, 5.74) is 1.35. The molecule has 2 rings (SSSR count). The van der Waals surface area contributed by atoms with E-state index in [1.807, 2.05) is 31.2 Å². The lowest BCUT2D eigenvalue weighted by atomic mass is 9.91. The van der Waals surface area contributed by atoms with Gasteiger partial charge in [-0.3, -0.25) is 4.90 Å². The Bertz CT molecular complexity index is 416. The minimum absolute atomic E-state index is 0.479. The van der Waals surface area contributed by atoms with E-state index in [0.717, 1.165) is 31.6 Å². The molecular weight excluding hydrogens is 200 g/mol. The van der Waals surface area contributed by atoms with Gasteiger partial charge >= 0.3 is 0 Å². The normalized spacial score (nSPS) is 18.8. The Kier molecular flexibility index (Phi) is 2.95. The number of likely N-dealkylation sites (tertiary alicyclic amines) is 1. The zero-order valence-electron chi connectivity index (χ0n) is 9.48. The molecule has 1 fully saturated rings. The highest BCUT2D eigenvalue weighted by atomic mass is 16.3. The molecule has 3 heteroatoms. The van der Waals surface area contributed by atoms with Gasteiger partial charge in [0.25, 0.3) is 0 Å². The van der Waals surface area contributed by atoms with Gasteiger partial charge in [-0.05, 0) is 24.1 Å². The van der Waals surface area contributed by atoms with Gasteiger partial charge in [0.15, 0.2) is 0 Å². The van der Waals surface area contributed by atoms with Crippen LogP contribution in [0.1, 0.15) is 24.5 Å². The van der Waals surface area contributed by atoms with Crippen LogP contribution >= 0.6 is 0 Å². The SMILES string of the molecule is CCC1(O)CN(Cc2cccc(C#N)c2)C1. The van der Waals surface area contributed by atoms with Crippen molar-refractivity contribution in [1.82, 2.24) is 4.90 Å². The number of nitrogens with zero attached hydrogens (tertiary/aromatic N) is 2. The summed E-state index contributed by atoms with van der Waals surface area (Å²) in [6, 6.07) is 9.77. The summed E-state index contributed by atoms with van der Waals surface area (Å²) in [5.74, 6) is 0. The molecule has 1 aromatic carbocycles. The molecule has 0 amide bonds. The molecule has 0 spiro atoms. The number of aliphatic hydroxyl groups is 1. The zero-order valence-corrected chi connectivity index (χ0v) is 9.48. The molecule has 1 aromatic rings. The average molecular weight is 216 g/mol. The summed E-state index contributed by atoms with van der Waals surface area (Å²) in [6.45, 7) is 4.30. The number of benzene rings is 1. The quantitative estimate of drug-likeness (QED) is 0.833. The summed E-state index contributed by atoms with van der Waals surface area (Å²) in [6.07, 6.45) is 0.807. The van der Waals surface area contributed by atoms with Crippen LogP contribution in [0.25, 0.3) is 0 Å². The molecule has 0 bridgehead atoms. The van der Waals surface area contributed by atoms with Crippen molar-refractivity contribution < 1.29 is 5.11 Å². The van der Waals surface area contributed by atoms with Crippen molar-refractivity contribution in [3.05, 3.63) is 35.4 Å². The number of hydrogen-bond acceptors (Lipinski definition) is 3. The lowest BCUT2D eigenvalue weighted by molar-refractivity contribution is -0.103. The van der Waals surface area contributed by atoms with Gasteiger partial charge in [0.1, 0.15) is 0 Å². The predicted octanol–water partition coefficient (Wildman–Crippen LogP) is 1.51. The smallest absolute Gasteiger partial charge is 0.0991 e. The number of nitriles is 1. The molecule has 1 aliphatic heterocycles. The van der Waals surface area contributed by atoms with E-state index in [0.29, 0.717) is 5.56 Å². The fraction of sp³-hybridized carbons (Fsp3) is 0.462. The Balaban J connectivity index is 1.94. The van der Waals surface area contributed by atoms with Gasteiger partial charge in [-0.2, -0.15) is 5.26 Å². The molecule has 1 aliphatic rings. The van der Waals surface area contributed by atoms with Gasteiger partial charge in [0, 0.05) is 19.6 Å². The predicted molar refractivity (Wildman–Crippen MR) is 61.7 cm³/mol. The Labute approximate surface area is 95.9 Å². The number of hydrogen-bond donors (Lipinski definition) is 1. The third kappa shape index (κ3) is 2.24. The van der Waals surface area contributed by atoms with Crippen LogP contribution in [0.3, 0.4) is 0 Å². The summed E-state index contributed by atoms with van der Waals surface area (Å²) in [7, 11) is 0. The maximum absolute atomic E-state index is 9.87. The topological polar surface area (TPSA) is 47.3 Å². The minimum atomic E-state index is -0.479. The number of β-amino-alcohol motifs (C(OH)–C–C–N with tert-alkyl or cyclic N) is 1. The van der Waals surface area contributed by atoms with Crippen LogP contribution < -0.4 is 0 Å². The first-order chi connectivity index (χ1) is 7.65. The van der Waals surface area contributed by atoms with E-state index in [4.69, 9.17) is 5.26 Å². The first-order valence-electron chi connectivity index (χ1n) is 5.59. The molecule has 1 N–H and O–H groups in total. The van der Waals surface area contributed by atoms with Gasteiger partial charge in [-0.15, -0.1) is 0 Å². The van der Waals surface area contributed by atoms with E-state index in [1.54, 1.807) is 0 Å². The molecule has 0 atom stereocenters. The minimum Gasteiger partial charge on any atom is -0.387 e. The van der Waals surface area contributed by atoms with Gasteiger partial charge in [-0.1, -0.05) is 19.1 Å². The largest absolute Gasteiger partial charge is 0.387 e. The van der Waals surface area contributed by atoms with Gasteiger partial charge in [0.05, 0.1) is 17.2 Å². The van der Waals surface area contributed by atoms with Crippen LogP contribution in [0.15, 0.2) is 24.3 Å². The van der Waals surface area contributed by atoms with Crippen LogP contribution in [0.5, 0.6) is 0 Å². The van der Waals surface area contributed by atoms with Crippen LogP contribution in [-0.4, -0.2) is 28.7 Å². The molecule has 0 aliphatic carbocycles. The second-order valence-electron chi connectivity index (χ2n) is 4.54. The Morgan fingerprint density at radius 1 is 1.50 bits per heavy atom. The molecule has 1 saturated heterocycles. The highest BCUT2D eigenvalue weighted by molar-refractivity contribution is 5.32. The highest BCUT2D eigenvalue weighted by Crippen LogP contribution is 2.25. The Morgan fingerprint density at radius 2 is 2.25 bits per heavy atom. The van der Waals surface area contributed by atoms with Crippen molar-refractivity contribution in [2.75, 3.05) is 13.1 Å². The van der Waals surface area contributed by atoms with E-state index < -0.39 is 5.60 Å². The standard InChI is InChI=1S/C13H16N2O/c1-2-13(16)9-15(10-13)8-12-5-3-4-11(6-12)7-14/h3-6,16H,2,8-10H2,1H3. The second-order valence-corrected chi connectivity index (χ2v) is 4.54. The fourth-order valence-electron chi connectivity index (χ4n) is 2.12. The molecule has 0 unspecified atom stereocenters. The van der Waals surface area contributed by atoms with Gasteiger partial charge in [0.2, 0.25) is 0 Å². The van der Waals surface area contributed by atoms with E-state index in [9.17, 15) is 5.11 Å². The van der Waals surface area contributed by atoms with E-state index in [2.05, 4.69) is 11.0 Å². The Hall–Kier alpha value is -1.37. The van der Waals surface area contributed by atoms with Gasteiger partial charge < -0.3 is 5.11 Å². The summed E-state index contributed by atoms with van der Waals surface area (Å²) in [4.78, 5) is 2.19. The van der Waals surface area contributed by atoms with E-state index >= 15 is 0 Å². The molecule has 0 radical (unpaired) electrons. The van der Waals surface area contributed by atoms with Crippen molar-refractivity contribution in [2.24, 2.45) is 0 Å². The van der Waals surface area contributed by atoms with Crippen molar-refractivity contribution in [2.45, 2.75) is 25.5 Å². The van der Waals surface area contributed by atoms with E-state index in [-0.39, 0.29) is 0 Å². The lowest BCUT2D eigenvalue weighted by Crippen LogP contribution is -2.60. The molecular formula is C13H16N2O. The molecule has 3 nitrogen and oxygen atoms in total. The summed E-state index contributed by atoms with van der Waals surface area (Å²) >= 11 is 0. The molecule has 1 heterocycles. The third-order valence-corrected chi connectivity index (χ3v) is 3.16. The van der Waals surface area contributed by atoms with Crippen LogP contribution in [0, 0.1) is 11.3 Å². The number of rotatable bonds is 3. The third-order valence-electron chi connectivity index (χ3n) is 3.16. The van der Waals surface area contributed by atoms with Crippen LogP contribution in [0.4, 0.5) is 0 Å². The van der Waals surface area contributed by atoms with E-state index in [1.165, 1.54) is 0 Å². The molecule has 84 valence electrons. The summed E-state index contributed by atoms with van der Waals surface area (Å²) < 4.78 is 0. The second kappa shape index (κ2) is 4.25. The highest BCUT2D eigenvalue weighted by Gasteiger charge is 2.38. The van der Waals surface area contributed by atoms with Crippen LogP contribution in [-0.2, 0) is 6.54 Å². The monoisotopic (exact) mass is 216 g/mol. The van der Waals surface area contributed by atoms with Gasteiger partial charge in [-0.25, -0.2) is 0 Å². The fourth-order valence-corrected chi connectivity index (χ4v) is 2.12. The average Bonchev–Trinajstić information content (AvgIpc) is 2.27. The summed E-state index contributed by atoms with van der Waals surface area (Å²) in [5, 5.41) is 18.7. The Morgan fingerprint density at radius 3 is 2.88 bits per heavy atom. The van der Waals surface area contributed by atoms with Crippen molar-refractivity contribution in [3.8, 4) is 6.07 Å². The first kappa shape index (κ1) is 11.1. The van der Waals surface area contributed by atoms with Crippen molar-refractivity contribution in [3.63, 3.8) is 0 Å². The molecule has 16 heavy (non-hydrogen) atoms. The zero-order chi connectivity index (χ0) is 11.6. The maximum atomic E-state index is 9.87. The molecule has 0 saturated carbocycles.